The molecule has 0 radical (unpaired) electrons. The van der Waals surface area contributed by atoms with E-state index in [9.17, 15) is 13.2 Å². The number of nitrogens with zero attached hydrogens (tertiary/aromatic N) is 1. The fraction of sp³-hybridized carbons (Fsp3) is 0.250. The van der Waals surface area contributed by atoms with E-state index in [1.807, 2.05) is 6.07 Å². The minimum absolute atomic E-state index is 0.540. The average Bonchev–Trinajstić information content (AvgIpc) is 2.25. The van der Waals surface area contributed by atoms with Gasteiger partial charge >= 0.3 is 6.18 Å². The van der Waals surface area contributed by atoms with Crippen molar-refractivity contribution in [2.24, 2.45) is 4.99 Å². The van der Waals surface area contributed by atoms with Crippen LogP contribution in [0.4, 0.5) is 13.2 Å². The van der Waals surface area contributed by atoms with Crippen LogP contribution in [-0.2, 0) is 0 Å². The number of alkyl halides is 3. The van der Waals surface area contributed by atoms with Crippen LogP contribution in [0.5, 0.6) is 0 Å². The van der Waals surface area contributed by atoms with E-state index in [4.69, 9.17) is 0 Å². The van der Waals surface area contributed by atoms with Gasteiger partial charge in [-0.1, -0.05) is 30.3 Å². The Bertz CT molecular complexity index is 402. The number of rotatable bonds is 2. The topological polar surface area (TPSA) is 12.4 Å². The Labute approximate surface area is 92.3 Å². The summed E-state index contributed by atoms with van der Waals surface area (Å²) in [5.41, 5.74) is 0.431. The zero-order valence-corrected chi connectivity index (χ0v) is 9.05. The van der Waals surface area contributed by atoms with Crippen molar-refractivity contribution in [2.75, 3.05) is 7.05 Å². The van der Waals surface area contributed by atoms with Crippen LogP contribution in [0, 0.1) is 0 Å². The van der Waals surface area contributed by atoms with Crippen molar-refractivity contribution in [3.05, 3.63) is 42.0 Å². The maximum Gasteiger partial charge on any atom is 0.432 e. The summed E-state index contributed by atoms with van der Waals surface area (Å²) in [4.78, 5) is 3.24. The molecule has 4 heteroatoms. The van der Waals surface area contributed by atoms with Crippen molar-refractivity contribution in [3.8, 4) is 0 Å². The van der Waals surface area contributed by atoms with E-state index in [2.05, 4.69) is 4.99 Å². The normalized spacial score (nSPS) is 14.1. The Hall–Kier alpha value is -1.58. The summed E-state index contributed by atoms with van der Waals surface area (Å²) in [5, 5.41) is 0. The molecule has 0 saturated carbocycles. The van der Waals surface area contributed by atoms with Gasteiger partial charge < -0.3 is 0 Å². The number of hydrogen-bond acceptors (Lipinski definition) is 1. The molecule has 0 spiro atoms. The summed E-state index contributed by atoms with van der Waals surface area (Å²) in [6.07, 6.45) is -3.35. The van der Waals surface area contributed by atoms with Gasteiger partial charge in [0.2, 0.25) is 0 Å². The van der Waals surface area contributed by atoms with Crippen LogP contribution in [0.15, 0.2) is 41.4 Å². The molecule has 0 saturated heterocycles. The molecule has 1 rings (SSSR count). The number of halogens is 3. The molecular formula is C12H12F3N. The third-order valence-electron chi connectivity index (χ3n) is 2.11. The second-order valence-corrected chi connectivity index (χ2v) is 3.30. The van der Waals surface area contributed by atoms with Gasteiger partial charge in [-0.3, -0.25) is 4.99 Å². The predicted octanol–water partition coefficient (Wildman–Crippen LogP) is 3.72. The molecule has 0 unspecified atom stereocenters. The Morgan fingerprint density at radius 3 is 2.19 bits per heavy atom. The molecule has 0 N–H and O–H groups in total. The first-order chi connectivity index (χ1) is 7.45. The van der Waals surface area contributed by atoms with Crippen LogP contribution in [0.1, 0.15) is 12.5 Å². The van der Waals surface area contributed by atoms with Crippen molar-refractivity contribution in [1.29, 1.82) is 0 Å². The molecule has 16 heavy (non-hydrogen) atoms. The van der Waals surface area contributed by atoms with E-state index < -0.39 is 11.9 Å². The molecule has 1 nitrogen and oxygen atoms in total. The predicted molar refractivity (Wildman–Crippen MR) is 59.5 cm³/mol. The third-order valence-corrected chi connectivity index (χ3v) is 2.11. The molecule has 0 fully saturated rings. The van der Waals surface area contributed by atoms with Crippen LogP contribution < -0.4 is 0 Å². The molecule has 0 aliphatic heterocycles. The minimum atomic E-state index is -4.40. The average molecular weight is 227 g/mol. The fourth-order valence-electron chi connectivity index (χ4n) is 1.26. The Morgan fingerprint density at radius 2 is 1.75 bits per heavy atom. The summed E-state index contributed by atoms with van der Waals surface area (Å²) in [5.74, 6) is 0. The summed E-state index contributed by atoms with van der Waals surface area (Å²) in [7, 11) is 1.14. The van der Waals surface area contributed by atoms with Gasteiger partial charge in [0, 0.05) is 7.05 Å². The molecule has 0 bridgehead atoms. The summed E-state index contributed by atoms with van der Waals surface area (Å²) < 4.78 is 37.3. The van der Waals surface area contributed by atoms with Crippen LogP contribution >= 0.6 is 0 Å². The number of allylic oxidation sites excluding steroid dienone is 2. The Balaban J connectivity index is 3.02. The van der Waals surface area contributed by atoms with Crippen molar-refractivity contribution in [3.63, 3.8) is 0 Å². The van der Waals surface area contributed by atoms with Gasteiger partial charge in [-0.25, -0.2) is 0 Å². The summed E-state index contributed by atoms with van der Waals surface area (Å²) in [6, 6.07) is 8.90. The third kappa shape index (κ3) is 3.22. The Kier molecular flexibility index (Phi) is 3.88. The van der Waals surface area contributed by atoms with E-state index in [0.29, 0.717) is 5.57 Å². The fourth-order valence-corrected chi connectivity index (χ4v) is 1.26. The highest BCUT2D eigenvalue weighted by atomic mass is 19.4. The molecule has 0 aliphatic carbocycles. The van der Waals surface area contributed by atoms with Crippen LogP contribution in [0.25, 0.3) is 5.57 Å². The maximum atomic E-state index is 12.4. The highest BCUT2D eigenvalue weighted by Gasteiger charge is 2.33. The number of benzene rings is 1. The molecule has 0 atom stereocenters. The first-order valence-electron chi connectivity index (χ1n) is 4.73. The van der Waals surface area contributed by atoms with E-state index in [1.54, 1.807) is 31.2 Å². The van der Waals surface area contributed by atoms with Gasteiger partial charge in [-0.2, -0.15) is 13.2 Å². The molecule has 0 aliphatic rings. The van der Waals surface area contributed by atoms with Crippen molar-refractivity contribution < 1.29 is 13.2 Å². The summed E-state index contributed by atoms with van der Waals surface area (Å²) >= 11 is 0. The quantitative estimate of drug-likeness (QED) is 0.683. The largest absolute Gasteiger partial charge is 0.432 e. The summed E-state index contributed by atoms with van der Waals surface area (Å²) in [6.45, 7) is 1.63. The standard InChI is InChI=1S/C12H12F3N/c1-9(10-6-4-3-5-7-10)8-11(16-2)12(13,14)15/h3-8H,1-2H3/b9-8-,16-11+. The van der Waals surface area contributed by atoms with Gasteiger partial charge in [0.15, 0.2) is 0 Å². The van der Waals surface area contributed by atoms with Crippen LogP contribution in [0.2, 0.25) is 0 Å². The number of hydrogen-bond donors (Lipinski definition) is 0. The van der Waals surface area contributed by atoms with Crippen LogP contribution in [-0.4, -0.2) is 18.9 Å². The van der Waals surface area contributed by atoms with Gasteiger partial charge in [0.1, 0.15) is 5.71 Å². The maximum absolute atomic E-state index is 12.4. The smallest absolute Gasteiger partial charge is 0.284 e. The lowest BCUT2D eigenvalue weighted by molar-refractivity contribution is -0.0577. The van der Waals surface area contributed by atoms with Crippen LogP contribution in [0.3, 0.4) is 0 Å². The molecule has 86 valence electrons. The second kappa shape index (κ2) is 4.96. The highest BCUT2D eigenvalue weighted by Crippen LogP contribution is 2.21. The van der Waals surface area contributed by atoms with Crippen molar-refractivity contribution in [1.82, 2.24) is 0 Å². The van der Waals surface area contributed by atoms with Crippen molar-refractivity contribution >= 4 is 11.3 Å². The van der Waals surface area contributed by atoms with E-state index in [-0.39, 0.29) is 0 Å². The monoisotopic (exact) mass is 227 g/mol. The van der Waals surface area contributed by atoms with Crippen molar-refractivity contribution in [2.45, 2.75) is 13.1 Å². The van der Waals surface area contributed by atoms with Gasteiger partial charge in [0.05, 0.1) is 0 Å². The molecule has 0 aromatic heterocycles. The van der Waals surface area contributed by atoms with E-state index in [0.717, 1.165) is 18.7 Å². The lowest BCUT2D eigenvalue weighted by Gasteiger charge is -2.07. The number of aliphatic imine (C=N–C) groups is 1. The van der Waals surface area contributed by atoms with E-state index >= 15 is 0 Å². The molecule has 1 aromatic rings. The van der Waals surface area contributed by atoms with E-state index in [1.165, 1.54) is 0 Å². The van der Waals surface area contributed by atoms with Gasteiger partial charge in [-0.05, 0) is 24.1 Å². The molecule has 0 amide bonds. The molecule has 1 aromatic carbocycles. The molecule has 0 heterocycles. The Morgan fingerprint density at radius 1 is 1.19 bits per heavy atom. The SMILES string of the molecule is C/N=C(\C=C(\C)c1ccccc1)C(F)(F)F. The zero-order valence-electron chi connectivity index (χ0n) is 9.05. The van der Waals surface area contributed by atoms with Gasteiger partial charge in [-0.15, -0.1) is 0 Å². The van der Waals surface area contributed by atoms with Gasteiger partial charge in [0.25, 0.3) is 0 Å². The molecular weight excluding hydrogens is 215 g/mol. The first kappa shape index (κ1) is 12.5. The lowest BCUT2D eigenvalue weighted by Crippen LogP contribution is -2.20. The lowest BCUT2D eigenvalue weighted by atomic mass is 10.1. The zero-order chi connectivity index (χ0) is 12.2. The highest BCUT2D eigenvalue weighted by molar-refractivity contribution is 6.04. The second-order valence-electron chi connectivity index (χ2n) is 3.30. The first-order valence-corrected chi connectivity index (χ1v) is 4.73. The minimum Gasteiger partial charge on any atom is -0.284 e.